The molecular formula is C14H15N3O5. The van der Waals surface area contributed by atoms with Crippen LogP contribution in [0.4, 0.5) is 11.5 Å². The fraction of sp³-hybridized carbons (Fsp3) is 0.286. The smallest absolute Gasteiger partial charge is 0.310 e. The maximum Gasteiger partial charge on any atom is 0.310 e. The topological polar surface area (TPSA) is 108 Å². The van der Waals surface area contributed by atoms with Gasteiger partial charge in [-0.25, -0.2) is 0 Å². The number of hydrogen-bond acceptors (Lipinski definition) is 6. The van der Waals surface area contributed by atoms with Crippen LogP contribution in [0.15, 0.2) is 34.9 Å². The molecule has 0 aliphatic rings. The molecule has 0 bridgehead atoms. The van der Waals surface area contributed by atoms with Gasteiger partial charge >= 0.3 is 5.69 Å². The summed E-state index contributed by atoms with van der Waals surface area (Å²) in [4.78, 5) is 22.6. The molecule has 1 atom stereocenters. The number of para-hydroxylation sites is 2. The van der Waals surface area contributed by atoms with Gasteiger partial charge in [-0.1, -0.05) is 24.2 Å². The van der Waals surface area contributed by atoms with Crippen molar-refractivity contribution in [1.82, 2.24) is 5.16 Å². The third-order valence-electron chi connectivity index (χ3n) is 2.87. The lowest BCUT2D eigenvalue weighted by molar-refractivity contribution is -0.386. The largest absolute Gasteiger partial charge is 0.473 e. The van der Waals surface area contributed by atoms with Gasteiger partial charge in [-0.2, -0.15) is 0 Å². The molecule has 2 aromatic rings. The van der Waals surface area contributed by atoms with Gasteiger partial charge in [0.15, 0.2) is 17.7 Å². The number of aromatic nitrogens is 1. The first-order valence-electron chi connectivity index (χ1n) is 6.65. The maximum absolute atomic E-state index is 12.2. The van der Waals surface area contributed by atoms with Gasteiger partial charge in [-0.15, -0.1) is 0 Å². The van der Waals surface area contributed by atoms with Crippen LogP contribution in [0.25, 0.3) is 0 Å². The van der Waals surface area contributed by atoms with E-state index in [4.69, 9.17) is 9.26 Å². The predicted octanol–water partition coefficient (Wildman–Crippen LogP) is 2.69. The molecule has 0 aliphatic carbocycles. The third kappa shape index (κ3) is 3.60. The quantitative estimate of drug-likeness (QED) is 0.649. The summed E-state index contributed by atoms with van der Waals surface area (Å²) in [6.07, 6.45) is -0.535. The van der Waals surface area contributed by atoms with Crippen molar-refractivity contribution < 1.29 is 19.0 Å². The van der Waals surface area contributed by atoms with E-state index in [0.717, 1.165) is 0 Å². The highest BCUT2D eigenvalue weighted by Crippen LogP contribution is 2.27. The molecule has 8 nitrogen and oxygen atoms in total. The first-order chi connectivity index (χ1) is 10.5. The number of carbonyl (C=O) groups excluding carboxylic acids is 1. The number of anilines is 1. The highest BCUT2D eigenvalue weighted by atomic mass is 16.6. The first-order valence-corrected chi connectivity index (χ1v) is 6.65. The Balaban J connectivity index is 2.12. The molecule has 116 valence electrons. The molecule has 0 saturated carbocycles. The minimum atomic E-state index is -0.877. The lowest BCUT2D eigenvalue weighted by atomic mass is 10.2. The molecule has 0 spiro atoms. The number of carbonyl (C=O) groups is 1. The number of hydrogen-bond donors (Lipinski definition) is 1. The summed E-state index contributed by atoms with van der Waals surface area (Å²) in [5.74, 6) is 0.426. The summed E-state index contributed by atoms with van der Waals surface area (Å²) in [5.41, 5.74) is -0.189. The van der Waals surface area contributed by atoms with Crippen LogP contribution in [0, 0.1) is 17.0 Å². The molecule has 2 rings (SSSR count). The predicted molar refractivity (Wildman–Crippen MR) is 77.7 cm³/mol. The molecular weight excluding hydrogens is 290 g/mol. The van der Waals surface area contributed by atoms with E-state index >= 15 is 0 Å². The maximum atomic E-state index is 12.2. The Kier molecular flexibility index (Phi) is 4.72. The van der Waals surface area contributed by atoms with Crippen LogP contribution in [0.1, 0.15) is 19.1 Å². The summed E-state index contributed by atoms with van der Waals surface area (Å²) in [5, 5.41) is 17.2. The standard InChI is InChI=1S/C14H15N3O5/c1-3-11(14(18)15-13-8-9(2)22-16-13)21-12-7-5-4-6-10(12)17(19)20/h4-8,11H,3H2,1-2H3,(H,15,16,18)/t11-/m1/s1. The van der Waals surface area contributed by atoms with E-state index < -0.39 is 16.9 Å². The van der Waals surface area contributed by atoms with Gasteiger partial charge in [0, 0.05) is 12.1 Å². The van der Waals surface area contributed by atoms with E-state index in [2.05, 4.69) is 10.5 Å². The minimum absolute atomic E-state index is 0.0471. The van der Waals surface area contributed by atoms with Gasteiger partial charge in [-0.3, -0.25) is 14.9 Å². The lowest BCUT2D eigenvalue weighted by Gasteiger charge is -2.16. The van der Waals surface area contributed by atoms with Gasteiger partial charge in [0.25, 0.3) is 5.91 Å². The van der Waals surface area contributed by atoms with E-state index in [0.29, 0.717) is 12.2 Å². The Labute approximate surface area is 126 Å². The Hall–Kier alpha value is -2.90. The summed E-state index contributed by atoms with van der Waals surface area (Å²) >= 11 is 0. The molecule has 0 radical (unpaired) electrons. The van der Waals surface area contributed by atoms with Crippen LogP contribution in [0.3, 0.4) is 0 Å². The van der Waals surface area contributed by atoms with Crippen molar-refractivity contribution in [3.05, 3.63) is 46.2 Å². The number of rotatable bonds is 6. The molecule has 1 N–H and O–H groups in total. The second kappa shape index (κ2) is 6.70. The number of nitrogens with one attached hydrogen (secondary N) is 1. The van der Waals surface area contributed by atoms with Crippen molar-refractivity contribution in [2.75, 3.05) is 5.32 Å². The molecule has 8 heteroatoms. The number of nitrogens with zero attached hydrogens (tertiary/aromatic N) is 2. The van der Waals surface area contributed by atoms with E-state index in [1.807, 2.05) is 0 Å². The molecule has 1 aromatic heterocycles. The molecule has 0 aliphatic heterocycles. The minimum Gasteiger partial charge on any atom is -0.473 e. The molecule has 1 amide bonds. The van der Waals surface area contributed by atoms with Crippen LogP contribution in [0.2, 0.25) is 0 Å². The summed E-state index contributed by atoms with van der Waals surface area (Å²) in [6.45, 7) is 3.44. The van der Waals surface area contributed by atoms with Crippen molar-refractivity contribution in [3.63, 3.8) is 0 Å². The zero-order valence-electron chi connectivity index (χ0n) is 12.1. The van der Waals surface area contributed by atoms with E-state index in [1.165, 1.54) is 18.2 Å². The number of nitro benzene ring substituents is 1. The zero-order chi connectivity index (χ0) is 16.1. The Morgan fingerprint density at radius 3 is 2.82 bits per heavy atom. The Morgan fingerprint density at radius 2 is 2.23 bits per heavy atom. The van der Waals surface area contributed by atoms with Crippen LogP contribution in [0.5, 0.6) is 5.75 Å². The van der Waals surface area contributed by atoms with Crippen molar-refractivity contribution in [2.45, 2.75) is 26.4 Å². The number of benzene rings is 1. The lowest BCUT2D eigenvalue weighted by Crippen LogP contribution is -2.32. The highest BCUT2D eigenvalue weighted by Gasteiger charge is 2.23. The van der Waals surface area contributed by atoms with Crippen molar-refractivity contribution >= 4 is 17.4 Å². The third-order valence-corrected chi connectivity index (χ3v) is 2.87. The molecule has 1 aromatic carbocycles. The average Bonchev–Trinajstić information content (AvgIpc) is 2.90. The van der Waals surface area contributed by atoms with Crippen molar-refractivity contribution in [3.8, 4) is 5.75 Å². The molecule has 0 unspecified atom stereocenters. The summed E-state index contributed by atoms with van der Waals surface area (Å²) in [7, 11) is 0. The second-order valence-corrected chi connectivity index (χ2v) is 4.55. The summed E-state index contributed by atoms with van der Waals surface area (Å²) in [6, 6.07) is 7.48. The first kappa shape index (κ1) is 15.5. The molecule has 0 saturated heterocycles. The van der Waals surface area contributed by atoms with Gasteiger partial charge in [0.1, 0.15) is 5.76 Å². The van der Waals surface area contributed by atoms with E-state index in [1.54, 1.807) is 26.0 Å². The Bertz CT molecular complexity index is 683. The van der Waals surface area contributed by atoms with Crippen LogP contribution in [-0.4, -0.2) is 22.1 Å². The number of nitro groups is 1. The van der Waals surface area contributed by atoms with Crippen molar-refractivity contribution in [1.29, 1.82) is 0 Å². The monoisotopic (exact) mass is 305 g/mol. The number of ether oxygens (including phenoxy) is 1. The average molecular weight is 305 g/mol. The number of aryl methyl sites for hydroxylation is 1. The normalized spacial score (nSPS) is 11.7. The zero-order valence-corrected chi connectivity index (χ0v) is 12.1. The van der Waals surface area contributed by atoms with Crippen molar-refractivity contribution in [2.24, 2.45) is 0 Å². The fourth-order valence-corrected chi connectivity index (χ4v) is 1.82. The van der Waals surface area contributed by atoms with Crippen LogP contribution < -0.4 is 10.1 Å². The second-order valence-electron chi connectivity index (χ2n) is 4.55. The summed E-state index contributed by atoms with van der Waals surface area (Å²) < 4.78 is 10.3. The molecule has 1 heterocycles. The van der Waals surface area contributed by atoms with Gasteiger partial charge in [0.05, 0.1) is 4.92 Å². The highest BCUT2D eigenvalue weighted by molar-refractivity contribution is 5.93. The Morgan fingerprint density at radius 1 is 1.50 bits per heavy atom. The van der Waals surface area contributed by atoms with Crippen LogP contribution >= 0.6 is 0 Å². The van der Waals surface area contributed by atoms with Gasteiger partial charge in [-0.05, 0) is 19.4 Å². The van der Waals surface area contributed by atoms with E-state index in [9.17, 15) is 14.9 Å². The van der Waals surface area contributed by atoms with Crippen LogP contribution in [-0.2, 0) is 4.79 Å². The molecule has 22 heavy (non-hydrogen) atoms. The van der Waals surface area contributed by atoms with Gasteiger partial charge in [0.2, 0.25) is 0 Å². The fourth-order valence-electron chi connectivity index (χ4n) is 1.82. The van der Waals surface area contributed by atoms with E-state index in [-0.39, 0.29) is 17.3 Å². The molecule has 0 fully saturated rings. The number of amides is 1. The SMILES string of the molecule is CC[C@@H](Oc1ccccc1[N+](=O)[O-])C(=O)Nc1cc(C)on1. The van der Waals surface area contributed by atoms with Gasteiger partial charge < -0.3 is 14.6 Å².